The summed E-state index contributed by atoms with van der Waals surface area (Å²) in [7, 11) is 1.32. The normalized spacial score (nSPS) is 38.7. The number of carbonyl (C=O) groups is 2. The molecule has 148 valence electrons. The van der Waals surface area contributed by atoms with Gasteiger partial charge in [0.15, 0.2) is 5.60 Å². The number of carbonyl (C=O) groups excluding carboxylic acids is 2. The SMILES string of the molecule is COC(=O)C1=C(C)O[C@]2(CC[C@H]3[C@@H]4CCc5ccccc5[C@H]4CC[C@@]32C)C1=O. The second-order valence-corrected chi connectivity index (χ2v) is 9.29. The van der Waals surface area contributed by atoms with Crippen molar-refractivity contribution in [2.75, 3.05) is 7.11 Å². The maximum atomic E-state index is 13.5. The molecule has 0 radical (unpaired) electrons. The van der Waals surface area contributed by atoms with Crippen molar-refractivity contribution in [3.8, 4) is 0 Å². The molecule has 1 aromatic rings. The number of ketones is 1. The molecule has 2 saturated carbocycles. The second-order valence-electron chi connectivity index (χ2n) is 9.29. The highest BCUT2D eigenvalue weighted by Gasteiger charge is 2.69. The Kier molecular flexibility index (Phi) is 3.82. The molecule has 4 nitrogen and oxygen atoms in total. The molecule has 0 aromatic heterocycles. The molecule has 2 fully saturated rings. The zero-order valence-electron chi connectivity index (χ0n) is 16.9. The van der Waals surface area contributed by atoms with Crippen LogP contribution in [0.1, 0.15) is 63.0 Å². The van der Waals surface area contributed by atoms with Crippen molar-refractivity contribution < 1.29 is 19.1 Å². The molecule has 4 heteroatoms. The smallest absolute Gasteiger partial charge is 0.345 e. The van der Waals surface area contributed by atoms with Crippen molar-refractivity contribution in [3.05, 3.63) is 46.7 Å². The van der Waals surface area contributed by atoms with Crippen LogP contribution in [0.5, 0.6) is 0 Å². The van der Waals surface area contributed by atoms with Gasteiger partial charge in [0.1, 0.15) is 11.3 Å². The van der Waals surface area contributed by atoms with E-state index in [4.69, 9.17) is 9.47 Å². The molecule has 5 atom stereocenters. The molecule has 4 aliphatic rings. The molecule has 1 aliphatic heterocycles. The lowest BCUT2D eigenvalue weighted by atomic mass is 9.52. The summed E-state index contributed by atoms with van der Waals surface area (Å²) in [5.74, 6) is 1.36. The summed E-state index contributed by atoms with van der Waals surface area (Å²) in [4.78, 5) is 25.7. The van der Waals surface area contributed by atoms with Crippen molar-refractivity contribution >= 4 is 11.8 Å². The molecule has 0 amide bonds. The zero-order valence-corrected chi connectivity index (χ0v) is 16.9. The van der Waals surface area contributed by atoms with Crippen LogP contribution in [0.3, 0.4) is 0 Å². The molecule has 0 unspecified atom stereocenters. The Morgan fingerprint density at radius 1 is 1.18 bits per heavy atom. The number of hydrogen-bond acceptors (Lipinski definition) is 4. The van der Waals surface area contributed by atoms with Crippen molar-refractivity contribution in [1.29, 1.82) is 0 Å². The fourth-order valence-corrected chi connectivity index (χ4v) is 7.12. The zero-order chi connectivity index (χ0) is 19.7. The van der Waals surface area contributed by atoms with Gasteiger partial charge in [-0.3, -0.25) is 4.79 Å². The van der Waals surface area contributed by atoms with E-state index in [0.29, 0.717) is 29.9 Å². The Morgan fingerprint density at radius 3 is 2.75 bits per heavy atom. The molecule has 0 saturated heterocycles. The first-order valence-corrected chi connectivity index (χ1v) is 10.5. The van der Waals surface area contributed by atoms with Crippen LogP contribution in [-0.2, 0) is 25.5 Å². The number of ether oxygens (including phenoxy) is 2. The van der Waals surface area contributed by atoms with E-state index >= 15 is 0 Å². The fraction of sp³-hybridized carbons (Fsp3) is 0.583. The average Bonchev–Trinajstić information content (AvgIpc) is 3.15. The number of esters is 1. The van der Waals surface area contributed by atoms with Gasteiger partial charge in [0.05, 0.1) is 7.11 Å². The summed E-state index contributed by atoms with van der Waals surface area (Å²) >= 11 is 0. The molecule has 1 spiro atoms. The Hall–Kier alpha value is -2.10. The van der Waals surface area contributed by atoms with Crippen LogP contribution in [0.2, 0.25) is 0 Å². The van der Waals surface area contributed by atoms with E-state index in [1.165, 1.54) is 24.7 Å². The van der Waals surface area contributed by atoms with Crippen LogP contribution < -0.4 is 0 Å². The Labute approximate surface area is 166 Å². The van der Waals surface area contributed by atoms with E-state index < -0.39 is 11.6 Å². The highest BCUT2D eigenvalue weighted by atomic mass is 16.5. The van der Waals surface area contributed by atoms with Gasteiger partial charge in [-0.05, 0) is 74.3 Å². The van der Waals surface area contributed by atoms with Gasteiger partial charge in [-0.2, -0.15) is 0 Å². The van der Waals surface area contributed by atoms with Crippen molar-refractivity contribution in [2.45, 2.75) is 63.9 Å². The maximum Gasteiger partial charge on any atom is 0.345 e. The summed E-state index contributed by atoms with van der Waals surface area (Å²) in [6.45, 7) is 3.98. The largest absolute Gasteiger partial charge is 0.482 e. The van der Waals surface area contributed by atoms with Gasteiger partial charge >= 0.3 is 5.97 Å². The van der Waals surface area contributed by atoms with Crippen molar-refractivity contribution in [3.63, 3.8) is 0 Å². The molecule has 28 heavy (non-hydrogen) atoms. The Morgan fingerprint density at radius 2 is 1.96 bits per heavy atom. The van der Waals surface area contributed by atoms with Gasteiger partial charge in [0, 0.05) is 5.41 Å². The first kappa shape index (κ1) is 18.0. The van der Waals surface area contributed by atoms with Crippen LogP contribution in [-0.4, -0.2) is 24.5 Å². The molecule has 1 heterocycles. The first-order valence-electron chi connectivity index (χ1n) is 10.5. The summed E-state index contributed by atoms with van der Waals surface area (Å²) in [6, 6.07) is 8.88. The number of rotatable bonds is 1. The number of benzene rings is 1. The van der Waals surface area contributed by atoms with E-state index in [9.17, 15) is 9.59 Å². The molecule has 0 bridgehead atoms. The van der Waals surface area contributed by atoms with E-state index in [0.717, 1.165) is 25.7 Å². The quantitative estimate of drug-likeness (QED) is 0.538. The number of aryl methyl sites for hydroxylation is 1. The molecular formula is C24H28O4. The summed E-state index contributed by atoms with van der Waals surface area (Å²) < 4.78 is 11.2. The first-order chi connectivity index (χ1) is 13.4. The average molecular weight is 380 g/mol. The third-order valence-electron chi connectivity index (χ3n) is 8.42. The van der Waals surface area contributed by atoms with E-state index in [-0.39, 0.29) is 16.8 Å². The lowest BCUT2D eigenvalue weighted by Gasteiger charge is -2.52. The predicted molar refractivity (Wildman–Crippen MR) is 105 cm³/mol. The van der Waals surface area contributed by atoms with Gasteiger partial charge in [0.2, 0.25) is 5.78 Å². The lowest BCUT2D eigenvalue weighted by molar-refractivity contribution is -0.151. The van der Waals surface area contributed by atoms with Crippen molar-refractivity contribution in [1.82, 2.24) is 0 Å². The monoisotopic (exact) mass is 380 g/mol. The molecule has 1 aromatic carbocycles. The Bertz CT molecular complexity index is 900. The van der Waals surface area contributed by atoms with Crippen molar-refractivity contribution in [2.24, 2.45) is 17.3 Å². The van der Waals surface area contributed by atoms with E-state index in [1.807, 2.05) is 0 Å². The Balaban J connectivity index is 1.51. The van der Waals surface area contributed by atoms with Gasteiger partial charge in [0.25, 0.3) is 0 Å². The number of allylic oxidation sites excluding steroid dienone is 1. The van der Waals surface area contributed by atoms with Gasteiger partial charge < -0.3 is 9.47 Å². The fourth-order valence-electron chi connectivity index (χ4n) is 7.12. The van der Waals surface area contributed by atoms with Crippen LogP contribution in [0, 0.1) is 17.3 Å². The third kappa shape index (κ3) is 2.07. The molecule has 0 N–H and O–H groups in total. The van der Waals surface area contributed by atoms with Gasteiger partial charge in [-0.15, -0.1) is 0 Å². The van der Waals surface area contributed by atoms with Gasteiger partial charge in [-0.1, -0.05) is 31.2 Å². The standard InChI is InChI=1S/C24H28O4/c1-14-20(22(26)27-3)21(25)24(28-14)13-11-19-18-9-8-15-6-4-5-7-16(15)17(18)10-12-23(19,24)2/h4-7,17-19H,8-13H2,1-3H3/t17-,18-,19+,23+,24-/m1/s1. The van der Waals surface area contributed by atoms with Crippen LogP contribution in [0.4, 0.5) is 0 Å². The minimum Gasteiger partial charge on any atom is -0.482 e. The van der Waals surface area contributed by atoms with E-state index in [1.54, 1.807) is 6.92 Å². The minimum absolute atomic E-state index is 0.125. The number of methoxy groups -OCH3 is 1. The molecule has 5 rings (SSSR count). The summed E-state index contributed by atoms with van der Waals surface area (Å²) in [5.41, 5.74) is 2.03. The second kappa shape index (κ2) is 5.95. The summed E-state index contributed by atoms with van der Waals surface area (Å²) in [6.07, 6.45) is 6.04. The highest BCUT2D eigenvalue weighted by Crippen LogP contribution is 2.67. The number of Topliss-reactive ketones (excluding diaryl/α,β-unsaturated/α-hetero) is 1. The minimum atomic E-state index is -0.882. The van der Waals surface area contributed by atoms with Crippen LogP contribution in [0.25, 0.3) is 0 Å². The highest BCUT2D eigenvalue weighted by molar-refractivity contribution is 6.22. The number of fused-ring (bicyclic) bond motifs is 6. The number of hydrogen-bond donors (Lipinski definition) is 0. The molecular weight excluding hydrogens is 352 g/mol. The summed E-state index contributed by atoms with van der Waals surface area (Å²) in [5, 5.41) is 0. The van der Waals surface area contributed by atoms with Crippen LogP contribution >= 0.6 is 0 Å². The predicted octanol–water partition coefficient (Wildman–Crippen LogP) is 4.33. The van der Waals surface area contributed by atoms with E-state index in [2.05, 4.69) is 31.2 Å². The molecule has 3 aliphatic carbocycles. The topological polar surface area (TPSA) is 52.6 Å². The van der Waals surface area contributed by atoms with Crippen LogP contribution in [0.15, 0.2) is 35.6 Å². The van der Waals surface area contributed by atoms with Gasteiger partial charge in [-0.25, -0.2) is 4.79 Å². The maximum absolute atomic E-state index is 13.5. The lowest BCUT2D eigenvalue weighted by Crippen LogP contribution is -2.54. The third-order valence-corrected chi connectivity index (χ3v) is 8.42.